The monoisotopic (exact) mass is 411 g/mol. The number of aryl methyl sites for hydroxylation is 1. The third-order valence-corrected chi connectivity index (χ3v) is 7.43. The molecule has 0 radical (unpaired) electrons. The fourth-order valence-electron chi connectivity index (χ4n) is 4.79. The molecule has 1 saturated heterocycles. The second kappa shape index (κ2) is 7.61. The molecule has 0 bridgehead atoms. The van der Waals surface area contributed by atoms with E-state index in [4.69, 9.17) is 10.1 Å². The van der Waals surface area contributed by atoms with Crippen molar-refractivity contribution in [3.63, 3.8) is 0 Å². The number of hydrogen-bond donors (Lipinski definition) is 0. The molecule has 1 spiro atoms. The predicted octanol–water partition coefficient (Wildman–Crippen LogP) is 4.99. The first-order valence-corrected chi connectivity index (χ1v) is 11.4. The topological polar surface area (TPSA) is 46.8 Å². The van der Waals surface area contributed by atoms with Crippen LogP contribution in [0.1, 0.15) is 50.0 Å². The van der Waals surface area contributed by atoms with Crippen molar-refractivity contribution < 1.29 is 4.39 Å². The molecule has 7 heteroatoms. The van der Waals surface area contributed by atoms with Gasteiger partial charge in [-0.2, -0.15) is 0 Å². The van der Waals surface area contributed by atoms with Crippen molar-refractivity contribution in [1.82, 2.24) is 24.6 Å². The van der Waals surface area contributed by atoms with Crippen LogP contribution < -0.4 is 0 Å². The molecule has 1 aliphatic heterocycles. The second-order valence-corrected chi connectivity index (χ2v) is 9.38. The van der Waals surface area contributed by atoms with E-state index in [1.165, 1.54) is 50.7 Å². The molecule has 1 aromatic carbocycles. The van der Waals surface area contributed by atoms with Gasteiger partial charge in [-0.1, -0.05) is 12.8 Å². The molecule has 5 nitrogen and oxygen atoms in total. The lowest BCUT2D eigenvalue weighted by atomic mass is 9.77. The van der Waals surface area contributed by atoms with Crippen molar-refractivity contribution in [3.05, 3.63) is 47.0 Å². The first-order chi connectivity index (χ1) is 14.1. The quantitative estimate of drug-likeness (QED) is 0.606. The number of halogens is 1. The van der Waals surface area contributed by atoms with E-state index in [9.17, 15) is 4.39 Å². The van der Waals surface area contributed by atoms with Crippen LogP contribution in [0.4, 0.5) is 4.39 Å². The van der Waals surface area contributed by atoms with Crippen LogP contribution in [-0.2, 0) is 6.54 Å². The minimum atomic E-state index is -0.255. The first kappa shape index (κ1) is 18.9. The highest BCUT2D eigenvalue weighted by Crippen LogP contribution is 2.46. The van der Waals surface area contributed by atoms with Crippen LogP contribution in [0.15, 0.2) is 29.6 Å². The summed E-state index contributed by atoms with van der Waals surface area (Å²) in [6.45, 7) is 4.97. The number of thiazole rings is 1. The summed E-state index contributed by atoms with van der Waals surface area (Å²) in [5, 5.41) is 7.65. The van der Waals surface area contributed by atoms with E-state index in [-0.39, 0.29) is 5.82 Å². The lowest BCUT2D eigenvalue weighted by Gasteiger charge is -2.39. The predicted molar refractivity (Wildman–Crippen MR) is 113 cm³/mol. The standard InChI is InChI=1S/C22H26FN5S/c1-16-15-29-21(24-16)20-25-19(26-28(20)18-6-4-17(23)5-7-18)14-27-12-10-22(11-13-27)8-2-3-9-22/h4-7,15H,2-3,8-14H2,1H3. The van der Waals surface area contributed by atoms with Gasteiger partial charge in [-0.15, -0.1) is 16.4 Å². The second-order valence-electron chi connectivity index (χ2n) is 8.52. The Morgan fingerprint density at radius 3 is 2.41 bits per heavy atom. The Hall–Kier alpha value is -2.12. The number of rotatable bonds is 4. The number of aromatic nitrogens is 4. The van der Waals surface area contributed by atoms with Crippen LogP contribution in [0.25, 0.3) is 16.5 Å². The molecule has 0 N–H and O–H groups in total. The smallest absolute Gasteiger partial charge is 0.192 e. The number of likely N-dealkylation sites (tertiary alicyclic amines) is 1. The molecular formula is C22H26FN5S. The summed E-state index contributed by atoms with van der Waals surface area (Å²) in [7, 11) is 0. The van der Waals surface area contributed by atoms with Crippen LogP contribution in [0, 0.1) is 18.2 Å². The van der Waals surface area contributed by atoms with E-state index in [1.807, 2.05) is 12.3 Å². The Kier molecular flexibility index (Phi) is 4.95. The number of hydrogen-bond acceptors (Lipinski definition) is 5. The minimum absolute atomic E-state index is 0.255. The molecule has 0 unspecified atom stereocenters. The normalized spacial score (nSPS) is 19.2. The number of piperidine rings is 1. The average Bonchev–Trinajstić information content (AvgIpc) is 3.45. The molecule has 0 atom stereocenters. The third-order valence-electron chi connectivity index (χ3n) is 6.48. The molecule has 0 amide bonds. The summed E-state index contributed by atoms with van der Waals surface area (Å²) in [6.07, 6.45) is 8.21. The molecule has 1 saturated carbocycles. The molecule has 1 aliphatic carbocycles. The summed E-state index contributed by atoms with van der Waals surface area (Å²) in [5.41, 5.74) is 2.38. The van der Waals surface area contributed by atoms with Gasteiger partial charge < -0.3 is 0 Å². The largest absolute Gasteiger partial charge is 0.296 e. The Labute approximate surface area is 174 Å². The van der Waals surface area contributed by atoms with Gasteiger partial charge in [0, 0.05) is 11.1 Å². The van der Waals surface area contributed by atoms with Crippen molar-refractivity contribution in [3.8, 4) is 16.5 Å². The van der Waals surface area contributed by atoms with Gasteiger partial charge >= 0.3 is 0 Å². The Morgan fingerprint density at radius 1 is 1.03 bits per heavy atom. The van der Waals surface area contributed by atoms with Crippen LogP contribution in [0.2, 0.25) is 0 Å². The van der Waals surface area contributed by atoms with Gasteiger partial charge in [-0.05, 0) is 75.4 Å². The first-order valence-electron chi connectivity index (χ1n) is 10.5. The van der Waals surface area contributed by atoms with Gasteiger partial charge in [0.15, 0.2) is 16.7 Å². The van der Waals surface area contributed by atoms with Crippen molar-refractivity contribution in [2.45, 2.75) is 52.0 Å². The zero-order chi connectivity index (χ0) is 19.8. The fraction of sp³-hybridized carbons (Fsp3) is 0.500. The zero-order valence-electron chi connectivity index (χ0n) is 16.8. The third kappa shape index (κ3) is 3.85. The summed E-state index contributed by atoms with van der Waals surface area (Å²) >= 11 is 1.56. The Balaban J connectivity index is 1.40. The van der Waals surface area contributed by atoms with E-state index in [1.54, 1.807) is 28.2 Å². The van der Waals surface area contributed by atoms with E-state index in [0.29, 0.717) is 5.41 Å². The van der Waals surface area contributed by atoms with Crippen LogP contribution >= 0.6 is 11.3 Å². The van der Waals surface area contributed by atoms with Crippen LogP contribution in [-0.4, -0.2) is 37.7 Å². The lowest BCUT2D eigenvalue weighted by molar-refractivity contribution is 0.102. The molecule has 5 rings (SSSR count). The Bertz CT molecular complexity index is 977. The Morgan fingerprint density at radius 2 is 1.76 bits per heavy atom. The van der Waals surface area contributed by atoms with Gasteiger partial charge in [-0.25, -0.2) is 19.0 Å². The molecule has 3 heterocycles. The van der Waals surface area contributed by atoms with Crippen molar-refractivity contribution in [2.24, 2.45) is 5.41 Å². The van der Waals surface area contributed by atoms with E-state index in [2.05, 4.69) is 9.88 Å². The average molecular weight is 412 g/mol. The summed E-state index contributed by atoms with van der Waals surface area (Å²) in [4.78, 5) is 11.9. The maximum atomic E-state index is 13.4. The molecule has 152 valence electrons. The number of benzene rings is 1. The fourth-order valence-corrected chi connectivity index (χ4v) is 5.56. The zero-order valence-corrected chi connectivity index (χ0v) is 17.6. The maximum absolute atomic E-state index is 13.4. The molecule has 2 aromatic heterocycles. The van der Waals surface area contributed by atoms with Gasteiger partial charge in [0.1, 0.15) is 5.82 Å². The minimum Gasteiger partial charge on any atom is -0.296 e. The lowest BCUT2D eigenvalue weighted by Crippen LogP contribution is -2.38. The SMILES string of the molecule is Cc1csc(-c2nc(CN3CCC4(CCCC4)CC3)nn2-c2ccc(F)cc2)n1. The van der Waals surface area contributed by atoms with Crippen LogP contribution in [0.5, 0.6) is 0 Å². The molecule has 29 heavy (non-hydrogen) atoms. The molecule has 3 aromatic rings. The molecular weight excluding hydrogens is 385 g/mol. The van der Waals surface area contributed by atoms with Crippen molar-refractivity contribution in [2.75, 3.05) is 13.1 Å². The highest BCUT2D eigenvalue weighted by atomic mass is 32.1. The number of nitrogens with zero attached hydrogens (tertiary/aromatic N) is 5. The molecule has 2 fully saturated rings. The highest BCUT2D eigenvalue weighted by molar-refractivity contribution is 7.13. The van der Waals surface area contributed by atoms with Crippen LogP contribution in [0.3, 0.4) is 0 Å². The van der Waals surface area contributed by atoms with Gasteiger partial charge in [0.05, 0.1) is 12.2 Å². The van der Waals surface area contributed by atoms with E-state index >= 15 is 0 Å². The van der Waals surface area contributed by atoms with Gasteiger partial charge in [0.25, 0.3) is 0 Å². The van der Waals surface area contributed by atoms with E-state index < -0.39 is 0 Å². The van der Waals surface area contributed by atoms with Gasteiger partial charge in [-0.3, -0.25) is 4.90 Å². The highest BCUT2D eigenvalue weighted by Gasteiger charge is 2.37. The summed E-state index contributed by atoms with van der Waals surface area (Å²) < 4.78 is 15.2. The van der Waals surface area contributed by atoms with Gasteiger partial charge in [0.2, 0.25) is 0 Å². The molecule has 2 aliphatic rings. The maximum Gasteiger partial charge on any atom is 0.192 e. The van der Waals surface area contributed by atoms with Crippen molar-refractivity contribution >= 4 is 11.3 Å². The summed E-state index contributed by atoms with van der Waals surface area (Å²) in [5.74, 6) is 1.28. The van der Waals surface area contributed by atoms with E-state index in [0.717, 1.165) is 47.7 Å². The summed E-state index contributed by atoms with van der Waals surface area (Å²) in [6, 6.07) is 6.39. The van der Waals surface area contributed by atoms with Crippen molar-refractivity contribution in [1.29, 1.82) is 0 Å².